The number of hydrogen-bond acceptors (Lipinski definition) is 10. The van der Waals surface area contributed by atoms with Gasteiger partial charge in [-0.2, -0.15) is 0 Å². The molecule has 0 unspecified atom stereocenters. The summed E-state index contributed by atoms with van der Waals surface area (Å²) in [7, 11) is 1.98. The van der Waals surface area contributed by atoms with E-state index in [0.29, 0.717) is 42.3 Å². The van der Waals surface area contributed by atoms with E-state index in [9.17, 15) is 9.59 Å². The molecule has 2 fully saturated rings. The van der Waals surface area contributed by atoms with Crippen molar-refractivity contribution in [1.82, 2.24) is 29.5 Å². The lowest BCUT2D eigenvalue weighted by Gasteiger charge is -2.23. The largest absolute Gasteiger partial charge is 0.461 e. The van der Waals surface area contributed by atoms with Crippen LogP contribution >= 0.6 is 22.7 Å². The number of aromatic amines is 1. The van der Waals surface area contributed by atoms with E-state index < -0.39 is 0 Å². The van der Waals surface area contributed by atoms with Crippen molar-refractivity contribution in [2.24, 2.45) is 7.05 Å². The molecule has 230 valence electrons. The molecule has 0 bridgehead atoms. The maximum Gasteiger partial charge on any atom is 0.358 e. The van der Waals surface area contributed by atoms with Crippen LogP contribution in [0.5, 0.6) is 0 Å². The fourth-order valence-corrected chi connectivity index (χ4v) is 7.34. The van der Waals surface area contributed by atoms with Gasteiger partial charge in [0.2, 0.25) is 0 Å². The van der Waals surface area contributed by atoms with Gasteiger partial charge in [-0.15, -0.1) is 22.7 Å². The SMILES string of the molecule is CCOC(=O)c1nc(-c2nccs2)[nH]c1C1CCCCC1.CCOC(=O)c1nc(-c2nccs2)n(C)c1C1CCCCC1. The first-order valence-corrected chi connectivity index (χ1v) is 17.1. The van der Waals surface area contributed by atoms with Crippen LogP contribution in [-0.2, 0) is 16.5 Å². The number of H-pyrrole nitrogens is 1. The maximum atomic E-state index is 12.3. The van der Waals surface area contributed by atoms with Gasteiger partial charge in [0.15, 0.2) is 33.1 Å². The minimum Gasteiger partial charge on any atom is -0.461 e. The number of imidazole rings is 2. The van der Waals surface area contributed by atoms with Crippen LogP contribution in [0.3, 0.4) is 0 Å². The Morgan fingerprint density at radius 3 is 1.93 bits per heavy atom. The maximum absolute atomic E-state index is 12.3. The number of nitrogens with one attached hydrogen (secondary N) is 1. The van der Waals surface area contributed by atoms with Gasteiger partial charge in [0.05, 0.1) is 24.6 Å². The summed E-state index contributed by atoms with van der Waals surface area (Å²) in [4.78, 5) is 45.5. The Morgan fingerprint density at radius 1 is 0.814 bits per heavy atom. The predicted molar refractivity (Wildman–Crippen MR) is 168 cm³/mol. The first-order chi connectivity index (χ1) is 21.0. The highest BCUT2D eigenvalue weighted by molar-refractivity contribution is 7.13. The van der Waals surface area contributed by atoms with Gasteiger partial charge in [-0.1, -0.05) is 38.5 Å². The fourth-order valence-electron chi connectivity index (χ4n) is 6.10. The van der Waals surface area contributed by atoms with Gasteiger partial charge < -0.3 is 19.0 Å². The summed E-state index contributed by atoms with van der Waals surface area (Å²) in [6, 6.07) is 0. The van der Waals surface area contributed by atoms with E-state index >= 15 is 0 Å². The molecule has 4 aromatic heterocycles. The molecule has 0 aliphatic heterocycles. The number of carbonyl (C=O) groups excluding carboxylic acids is 2. The Morgan fingerprint density at radius 2 is 1.37 bits per heavy atom. The molecule has 1 N–H and O–H groups in total. The third-order valence-corrected chi connectivity index (χ3v) is 9.62. The molecule has 0 radical (unpaired) electrons. The Hall–Kier alpha value is -3.38. The summed E-state index contributed by atoms with van der Waals surface area (Å²) in [5.41, 5.74) is 2.86. The summed E-state index contributed by atoms with van der Waals surface area (Å²) in [5.74, 6) is 1.55. The Balaban J connectivity index is 0.000000171. The second kappa shape index (κ2) is 14.9. The highest BCUT2D eigenvalue weighted by Crippen LogP contribution is 2.37. The number of rotatable bonds is 8. The molecular formula is C31H40N6O4S2. The average molecular weight is 625 g/mol. The first kappa shape index (κ1) is 31.1. The van der Waals surface area contributed by atoms with Crippen molar-refractivity contribution in [2.45, 2.75) is 89.9 Å². The van der Waals surface area contributed by atoms with E-state index in [1.54, 1.807) is 12.4 Å². The van der Waals surface area contributed by atoms with E-state index in [1.807, 2.05) is 36.2 Å². The molecule has 2 saturated carbocycles. The molecule has 43 heavy (non-hydrogen) atoms. The Bertz CT molecular complexity index is 1470. The Kier molecular flexibility index (Phi) is 10.7. The lowest BCUT2D eigenvalue weighted by atomic mass is 9.86. The lowest BCUT2D eigenvalue weighted by Crippen LogP contribution is -2.15. The minimum atomic E-state index is -0.336. The molecule has 0 atom stereocenters. The highest BCUT2D eigenvalue weighted by atomic mass is 32.1. The smallest absolute Gasteiger partial charge is 0.358 e. The van der Waals surface area contributed by atoms with Crippen LogP contribution in [0.4, 0.5) is 0 Å². The van der Waals surface area contributed by atoms with Crippen LogP contribution in [0.25, 0.3) is 21.7 Å². The Labute approximate surface area is 260 Å². The van der Waals surface area contributed by atoms with Crippen LogP contribution in [0.1, 0.15) is 122 Å². The molecule has 0 saturated heterocycles. The lowest BCUT2D eigenvalue weighted by molar-refractivity contribution is 0.0508. The van der Waals surface area contributed by atoms with Crippen LogP contribution in [0.15, 0.2) is 23.2 Å². The van der Waals surface area contributed by atoms with Crippen molar-refractivity contribution < 1.29 is 19.1 Å². The average Bonchev–Trinajstić information content (AvgIpc) is 3.85. The number of thiazole rings is 2. The third-order valence-electron chi connectivity index (χ3n) is 8.07. The van der Waals surface area contributed by atoms with Gasteiger partial charge in [0.1, 0.15) is 0 Å². The zero-order valence-corrected chi connectivity index (χ0v) is 26.8. The van der Waals surface area contributed by atoms with E-state index in [1.165, 1.54) is 61.2 Å². The van der Waals surface area contributed by atoms with Crippen molar-refractivity contribution in [1.29, 1.82) is 0 Å². The van der Waals surface area contributed by atoms with Crippen molar-refractivity contribution in [3.05, 3.63) is 45.9 Å². The van der Waals surface area contributed by atoms with Gasteiger partial charge in [-0.25, -0.2) is 29.5 Å². The van der Waals surface area contributed by atoms with Crippen molar-refractivity contribution >= 4 is 34.6 Å². The number of nitrogens with zero attached hydrogens (tertiary/aromatic N) is 5. The van der Waals surface area contributed by atoms with Crippen LogP contribution < -0.4 is 0 Å². The molecule has 2 aliphatic rings. The summed E-state index contributed by atoms with van der Waals surface area (Å²) in [5, 5.41) is 5.48. The topological polar surface area (TPSA) is 125 Å². The number of carbonyl (C=O) groups is 2. The minimum absolute atomic E-state index is 0.318. The number of aromatic nitrogens is 6. The van der Waals surface area contributed by atoms with E-state index in [-0.39, 0.29) is 11.9 Å². The molecular weight excluding hydrogens is 585 g/mol. The normalized spacial score (nSPS) is 16.0. The van der Waals surface area contributed by atoms with Gasteiger partial charge in [-0.3, -0.25) is 0 Å². The summed E-state index contributed by atoms with van der Waals surface area (Å²) in [6.07, 6.45) is 15.3. The zero-order chi connectivity index (χ0) is 30.2. The van der Waals surface area contributed by atoms with Crippen LogP contribution in [0, 0.1) is 0 Å². The fraction of sp³-hybridized carbons (Fsp3) is 0.548. The van der Waals surface area contributed by atoms with E-state index in [4.69, 9.17) is 9.47 Å². The van der Waals surface area contributed by atoms with E-state index in [2.05, 4.69) is 24.9 Å². The molecule has 10 nitrogen and oxygen atoms in total. The zero-order valence-electron chi connectivity index (χ0n) is 25.1. The van der Waals surface area contributed by atoms with Crippen molar-refractivity contribution in [2.75, 3.05) is 13.2 Å². The second-order valence-electron chi connectivity index (χ2n) is 10.9. The third kappa shape index (κ3) is 7.23. The summed E-state index contributed by atoms with van der Waals surface area (Å²) >= 11 is 3.05. The molecule has 0 aromatic carbocycles. The second-order valence-corrected chi connectivity index (χ2v) is 12.7. The molecule has 12 heteroatoms. The molecule has 0 amide bonds. The molecule has 0 spiro atoms. The molecule has 6 rings (SSSR count). The summed E-state index contributed by atoms with van der Waals surface area (Å²) < 4.78 is 12.4. The first-order valence-electron chi connectivity index (χ1n) is 15.3. The molecule has 4 aromatic rings. The number of esters is 2. The highest BCUT2D eigenvalue weighted by Gasteiger charge is 2.30. The van der Waals surface area contributed by atoms with E-state index in [0.717, 1.165) is 52.9 Å². The quantitative estimate of drug-likeness (QED) is 0.200. The molecule has 2 aliphatic carbocycles. The monoisotopic (exact) mass is 624 g/mol. The summed E-state index contributed by atoms with van der Waals surface area (Å²) in [6.45, 7) is 4.36. The van der Waals surface area contributed by atoms with Crippen LogP contribution in [-0.4, -0.2) is 54.6 Å². The predicted octanol–water partition coefficient (Wildman–Crippen LogP) is 7.53. The van der Waals surface area contributed by atoms with Gasteiger partial charge in [-0.05, 0) is 39.5 Å². The van der Waals surface area contributed by atoms with Crippen molar-refractivity contribution in [3.63, 3.8) is 0 Å². The van der Waals surface area contributed by atoms with Crippen LogP contribution in [0.2, 0.25) is 0 Å². The van der Waals surface area contributed by atoms with Crippen molar-refractivity contribution in [3.8, 4) is 21.7 Å². The van der Waals surface area contributed by atoms with Gasteiger partial charge >= 0.3 is 11.9 Å². The number of hydrogen-bond donors (Lipinski definition) is 1. The number of ether oxygens (including phenoxy) is 2. The molecule has 4 heterocycles. The van der Waals surface area contributed by atoms with Gasteiger partial charge in [0, 0.05) is 42.0 Å². The standard InChI is InChI=1S/C16H21N3O2S.C15H19N3O2S/c1-3-21-16(20)12-13(11-7-5-4-6-8-11)19(2)14(18-12)15-17-9-10-22-15;1-2-20-15(19)12-11(10-6-4-3-5-7-10)17-13(18-12)14-16-8-9-21-14/h9-11H,3-8H2,1-2H3;8-10H,2-7H2,1H3,(H,17,18). The van der Waals surface area contributed by atoms with Gasteiger partial charge in [0.25, 0.3) is 0 Å².